The first-order valence-corrected chi connectivity index (χ1v) is 37.8. The third-order valence-corrected chi connectivity index (χ3v) is 17.6. The molecule has 3 N–H and O–H groups in total. The first-order valence-electron chi connectivity index (χ1n) is 37.8. The Balaban J connectivity index is 3.33. The molecule has 0 aliphatic rings. The highest BCUT2D eigenvalue weighted by atomic mass is 16.5. The van der Waals surface area contributed by atoms with Crippen LogP contribution in [-0.2, 0) is 14.3 Å². The van der Waals surface area contributed by atoms with Crippen molar-refractivity contribution in [1.82, 2.24) is 5.32 Å². The molecule has 2 unspecified atom stereocenters. The van der Waals surface area contributed by atoms with E-state index < -0.39 is 12.1 Å². The van der Waals surface area contributed by atoms with Crippen LogP contribution in [0.15, 0.2) is 36.5 Å². The van der Waals surface area contributed by atoms with Gasteiger partial charge in [0, 0.05) is 12.8 Å². The fourth-order valence-corrected chi connectivity index (χ4v) is 11.9. The summed E-state index contributed by atoms with van der Waals surface area (Å²) in [5.41, 5.74) is 0. The second-order valence-electron chi connectivity index (χ2n) is 26.0. The Hall–Kier alpha value is -1.92. The van der Waals surface area contributed by atoms with Crippen molar-refractivity contribution in [2.75, 3.05) is 13.2 Å². The number of hydrogen-bond acceptors (Lipinski definition) is 5. The van der Waals surface area contributed by atoms with Crippen LogP contribution in [0.1, 0.15) is 418 Å². The lowest BCUT2D eigenvalue weighted by molar-refractivity contribution is -0.143. The zero-order valence-electron chi connectivity index (χ0n) is 56.2. The number of nitrogens with one attached hydrogen (secondary N) is 1. The smallest absolute Gasteiger partial charge is 0.305 e. The highest BCUT2D eigenvalue weighted by Crippen LogP contribution is 2.19. The fourth-order valence-electron chi connectivity index (χ4n) is 11.9. The van der Waals surface area contributed by atoms with Crippen LogP contribution in [0.5, 0.6) is 0 Å². The van der Waals surface area contributed by atoms with Crippen molar-refractivity contribution < 1.29 is 24.5 Å². The largest absolute Gasteiger partial charge is 0.466 e. The van der Waals surface area contributed by atoms with Crippen LogP contribution in [0, 0.1) is 0 Å². The number of rotatable bonds is 71. The van der Waals surface area contributed by atoms with Gasteiger partial charge in [-0.3, -0.25) is 9.59 Å². The lowest BCUT2D eigenvalue weighted by Gasteiger charge is -2.20. The van der Waals surface area contributed by atoms with Crippen LogP contribution >= 0.6 is 0 Å². The van der Waals surface area contributed by atoms with E-state index >= 15 is 0 Å². The van der Waals surface area contributed by atoms with Crippen LogP contribution in [0.4, 0.5) is 0 Å². The normalized spacial score (nSPS) is 12.7. The molecule has 490 valence electrons. The molecule has 0 saturated carbocycles. The summed E-state index contributed by atoms with van der Waals surface area (Å²) in [4.78, 5) is 24.5. The van der Waals surface area contributed by atoms with Gasteiger partial charge in [-0.1, -0.05) is 359 Å². The van der Waals surface area contributed by atoms with E-state index in [0.29, 0.717) is 19.4 Å². The molecule has 83 heavy (non-hydrogen) atoms. The summed E-state index contributed by atoms with van der Waals surface area (Å²) in [5, 5.41) is 23.2. The number of amides is 1. The molecular weight excluding hydrogens is 1020 g/mol. The van der Waals surface area contributed by atoms with Crippen molar-refractivity contribution in [2.24, 2.45) is 0 Å². The highest BCUT2D eigenvalue weighted by Gasteiger charge is 2.18. The molecule has 0 rings (SSSR count). The minimum Gasteiger partial charge on any atom is -0.466 e. The van der Waals surface area contributed by atoms with Crippen molar-refractivity contribution in [2.45, 2.75) is 431 Å². The van der Waals surface area contributed by atoms with Gasteiger partial charge in [0.05, 0.1) is 25.4 Å². The summed E-state index contributed by atoms with van der Waals surface area (Å²) in [7, 11) is 0. The maximum atomic E-state index is 12.5. The SMILES string of the molecule is CCCCCC/C=C\CCCCCCCC(=O)OCCCCCCCCCCCCCCCCCCCC/C=C\CCCCCCCCCCCCCCCCCCCC(=O)NC(CO)C(O)/C=C/CCCCCCCCCCCCCC. The number of carbonyl (C=O) groups is 2. The zero-order chi connectivity index (χ0) is 59.9. The predicted molar refractivity (Wildman–Crippen MR) is 366 cm³/mol. The molecule has 0 aromatic rings. The molecule has 0 aliphatic carbocycles. The van der Waals surface area contributed by atoms with Crippen LogP contribution < -0.4 is 5.32 Å². The summed E-state index contributed by atoms with van der Waals surface area (Å²) in [5.74, 6) is -0.0482. The molecule has 6 nitrogen and oxygen atoms in total. The average Bonchev–Trinajstić information content (AvgIpc) is 3.49. The number of allylic oxidation sites excluding steroid dienone is 5. The van der Waals surface area contributed by atoms with Gasteiger partial charge in [0.2, 0.25) is 5.91 Å². The fraction of sp³-hybridized carbons (Fsp3) is 0.896. The van der Waals surface area contributed by atoms with Crippen molar-refractivity contribution in [3.8, 4) is 0 Å². The van der Waals surface area contributed by atoms with Crippen molar-refractivity contribution >= 4 is 11.9 Å². The van der Waals surface area contributed by atoms with Gasteiger partial charge in [-0.05, 0) is 83.5 Å². The standard InChI is InChI=1S/C77H147NO5/c1-3-5-7-9-11-13-15-17-46-49-53-57-61-65-69-75(80)74(73-79)78-76(81)70-66-62-58-54-50-47-43-41-39-37-35-33-31-29-27-25-23-21-19-18-20-22-24-26-28-30-32-34-36-38-40-42-44-48-52-56-60-64-68-72-83-77(82)71-67-63-59-55-51-45-16-14-12-10-8-6-4-2/h14,16,18-19,65,69,74-75,79-80H,3-13,15,17,20-64,66-68,70-73H2,1-2H3,(H,78,81)/b16-14-,19-18-,69-65+. The van der Waals surface area contributed by atoms with Crippen LogP contribution in [0.25, 0.3) is 0 Å². The van der Waals surface area contributed by atoms with Gasteiger partial charge in [0.15, 0.2) is 0 Å². The minimum absolute atomic E-state index is 0.0134. The summed E-state index contributed by atoms with van der Waals surface area (Å²) >= 11 is 0. The molecule has 2 atom stereocenters. The molecule has 0 fully saturated rings. The molecule has 0 bridgehead atoms. The number of hydrogen-bond donors (Lipinski definition) is 3. The van der Waals surface area contributed by atoms with Crippen molar-refractivity contribution in [3.05, 3.63) is 36.5 Å². The number of esters is 1. The molecule has 0 aromatic heterocycles. The van der Waals surface area contributed by atoms with Gasteiger partial charge in [-0.15, -0.1) is 0 Å². The predicted octanol–water partition coefficient (Wildman–Crippen LogP) is 24.7. The quantitative estimate of drug-likeness (QED) is 0.0320. The molecule has 0 spiro atoms. The van der Waals surface area contributed by atoms with E-state index in [-0.39, 0.29) is 18.5 Å². The summed E-state index contributed by atoms with van der Waals surface area (Å²) in [6.07, 6.45) is 94.1. The second kappa shape index (κ2) is 72.6. The third-order valence-electron chi connectivity index (χ3n) is 17.6. The average molecular weight is 1170 g/mol. The van der Waals surface area contributed by atoms with Crippen molar-refractivity contribution in [1.29, 1.82) is 0 Å². The van der Waals surface area contributed by atoms with E-state index in [9.17, 15) is 19.8 Å². The molecular formula is C77H147NO5. The molecule has 0 saturated heterocycles. The Morgan fingerprint density at radius 2 is 0.566 bits per heavy atom. The second-order valence-corrected chi connectivity index (χ2v) is 26.0. The van der Waals surface area contributed by atoms with E-state index in [2.05, 4.69) is 43.5 Å². The molecule has 1 amide bonds. The van der Waals surface area contributed by atoms with Crippen LogP contribution in [0.3, 0.4) is 0 Å². The van der Waals surface area contributed by atoms with Gasteiger partial charge in [0.25, 0.3) is 0 Å². The number of ether oxygens (including phenoxy) is 1. The first-order chi connectivity index (χ1) is 41.0. The van der Waals surface area contributed by atoms with Gasteiger partial charge in [0.1, 0.15) is 0 Å². The van der Waals surface area contributed by atoms with E-state index in [0.717, 1.165) is 44.9 Å². The van der Waals surface area contributed by atoms with Gasteiger partial charge >= 0.3 is 5.97 Å². The number of aliphatic hydroxyl groups is 2. The number of carbonyl (C=O) groups excluding carboxylic acids is 2. The van der Waals surface area contributed by atoms with E-state index in [1.807, 2.05) is 6.08 Å². The van der Waals surface area contributed by atoms with Gasteiger partial charge in [-0.25, -0.2) is 0 Å². The highest BCUT2D eigenvalue weighted by molar-refractivity contribution is 5.76. The van der Waals surface area contributed by atoms with Crippen LogP contribution in [-0.4, -0.2) is 47.4 Å². The summed E-state index contributed by atoms with van der Waals surface area (Å²) in [6.45, 7) is 4.92. The molecule has 0 aromatic carbocycles. The van der Waals surface area contributed by atoms with Gasteiger partial charge < -0.3 is 20.3 Å². The van der Waals surface area contributed by atoms with E-state index in [1.54, 1.807) is 6.08 Å². The molecule has 0 heterocycles. The maximum Gasteiger partial charge on any atom is 0.305 e. The Morgan fingerprint density at radius 3 is 0.867 bits per heavy atom. The topological polar surface area (TPSA) is 95.9 Å². The summed E-state index contributed by atoms with van der Waals surface area (Å²) < 4.78 is 5.49. The molecule has 0 radical (unpaired) electrons. The molecule has 6 heteroatoms. The monoisotopic (exact) mass is 1170 g/mol. The third kappa shape index (κ3) is 69.1. The van der Waals surface area contributed by atoms with Crippen LogP contribution in [0.2, 0.25) is 0 Å². The zero-order valence-corrected chi connectivity index (χ0v) is 56.2. The van der Waals surface area contributed by atoms with Crippen molar-refractivity contribution in [3.63, 3.8) is 0 Å². The van der Waals surface area contributed by atoms with Gasteiger partial charge in [-0.2, -0.15) is 0 Å². The first kappa shape index (κ1) is 81.1. The Kier molecular flexibility index (Phi) is 70.9. The Morgan fingerprint density at radius 1 is 0.325 bits per heavy atom. The number of unbranched alkanes of at least 4 members (excludes halogenated alkanes) is 56. The number of aliphatic hydroxyl groups excluding tert-OH is 2. The van der Waals surface area contributed by atoms with E-state index in [4.69, 9.17) is 4.74 Å². The Labute approximate surface area is 519 Å². The summed E-state index contributed by atoms with van der Waals surface area (Å²) in [6, 6.07) is -0.624. The lowest BCUT2D eigenvalue weighted by Crippen LogP contribution is -2.45. The Bertz CT molecular complexity index is 1340. The maximum absolute atomic E-state index is 12.5. The lowest BCUT2D eigenvalue weighted by atomic mass is 10.0. The van der Waals surface area contributed by atoms with E-state index in [1.165, 1.54) is 347 Å². The minimum atomic E-state index is -0.841. The molecule has 0 aliphatic heterocycles.